The molecule has 2 rings (SSSR count). The molecule has 0 atom stereocenters. The number of esters is 2. The number of cyclic esters (lactones) is 2. The highest BCUT2D eigenvalue weighted by molar-refractivity contribution is 9.11. The summed E-state index contributed by atoms with van der Waals surface area (Å²) in [5, 5.41) is 0. The van der Waals surface area contributed by atoms with E-state index in [0.29, 0.717) is 11.1 Å². The standard InChI is InChI=1S/C9H4Br2O3/c10-4-1-6-5(7(11)2-4)3-8(12)14-9(6)13/h1-2H,3H2. The fourth-order valence-electron chi connectivity index (χ4n) is 1.30. The smallest absolute Gasteiger partial charge is 0.346 e. The third-order valence-electron chi connectivity index (χ3n) is 1.91. The van der Waals surface area contributed by atoms with Crippen LogP contribution in [-0.4, -0.2) is 11.9 Å². The minimum absolute atomic E-state index is 0.134. The van der Waals surface area contributed by atoms with Gasteiger partial charge in [-0.2, -0.15) is 0 Å². The highest BCUT2D eigenvalue weighted by atomic mass is 79.9. The Morgan fingerprint density at radius 3 is 2.64 bits per heavy atom. The van der Waals surface area contributed by atoms with Crippen molar-refractivity contribution in [2.24, 2.45) is 0 Å². The van der Waals surface area contributed by atoms with E-state index in [4.69, 9.17) is 0 Å². The van der Waals surface area contributed by atoms with Gasteiger partial charge in [-0.1, -0.05) is 31.9 Å². The Morgan fingerprint density at radius 1 is 1.21 bits per heavy atom. The summed E-state index contributed by atoms with van der Waals surface area (Å²) in [5.74, 6) is -1.09. The van der Waals surface area contributed by atoms with Crippen LogP contribution in [0, 0.1) is 0 Å². The highest BCUT2D eigenvalue weighted by Crippen LogP contribution is 2.29. The van der Waals surface area contributed by atoms with Gasteiger partial charge >= 0.3 is 11.9 Å². The Balaban J connectivity index is 2.64. The van der Waals surface area contributed by atoms with Crippen molar-refractivity contribution >= 4 is 43.8 Å². The van der Waals surface area contributed by atoms with Gasteiger partial charge in [0.25, 0.3) is 0 Å². The molecular weight excluding hydrogens is 316 g/mol. The van der Waals surface area contributed by atoms with Gasteiger partial charge in [0.15, 0.2) is 0 Å². The molecule has 1 aliphatic rings. The molecular formula is C9H4Br2O3. The summed E-state index contributed by atoms with van der Waals surface area (Å²) in [4.78, 5) is 22.3. The summed E-state index contributed by atoms with van der Waals surface area (Å²) in [7, 11) is 0. The minimum Gasteiger partial charge on any atom is -0.389 e. The maximum absolute atomic E-state index is 11.3. The molecule has 0 radical (unpaired) electrons. The summed E-state index contributed by atoms with van der Waals surface area (Å²) in [6.07, 6.45) is 0.134. The first-order chi connectivity index (χ1) is 6.58. The Kier molecular flexibility index (Phi) is 2.45. The molecule has 14 heavy (non-hydrogen) atoms. The van der Waals surface area contributed by atoms with Crippen molar-refractivity contribution in [2.45, 2.75) is 6.42 Å². The van der Waals surface area contributed by atoms with Gasteiger partial charge in [-0.15, -0.1) is 0 Å². The van der Waals surface area contributed by atoms with Gasteiger partial charge in [0.1, 0.15) is 0 Å². The fraction of sp³-hybridized carbons (Fsp3) is 0.111. The molecule has 0 unspecified atom stereocenters. The number of hydrogen-bond donors (Lipinski definition) is 0. The van der Waals surface area contributed by atoms with Crippen LogP contribution in [0.3, 0.4) is 0 Å². The molecule has 0 aromatic heterocycles. The molecule has 0 amide bonds. The van der Waals surface area contributed by atoms with Gasteiger partial charge in [0.05, 0.1) is 12.0 Å². The van der Waals surface area contributed by atoms with Crippen molar-refractivity contribution in [3.05, 3.63) is 32.2 Å². The summed E-state index contributed by atoms with van der Waals surface area (Å²) in [5.41, 5.74) is 1.13. The maximum atomic E-state index is 11.3. The van der Waals surface area contributed by atoms with Crippen LogP contribution in [0.15, 0.2) is 21.1 Å². The molecule has 0 saturated heterocycles. The average molecular weight is 320 g/mol. The van der Waals surface area contributed by atoms with Crippen LogP contribution in [0.1, 0.15) is 15.9 Å². The SMILES string of the molecule is O=C1Cc2c(Br)cc(Br)cc2C(=O)O1. The molecule has 5 heteroatoms. The van der Waals surface area contributed by atoms with Gasteiger partial charge in [-0.3, -0.25) is 4.79 Å². The first kappa shape index (κ1) is 9.86. The lowest BCUT2D eigenvalue weighted by Gasteiger charge is -2.15. The van der Waals surface area contributed by atoms with Crippen molar-refractivity contribution < 1.29 is 14.3 Å². The minimum atomic E-state index is -0.585. The Morgan fingerprint density at radius 2 is 1.93 bits per heavy atom. The number of rotatable bonds is 0. The number of hydrogen-bond acceptors (Lipinski definition) is 3. The number of ether oxygens (including phenoxy) is 1. The van der Waals surface area contributed by atoms with E-state index in [9.17, 15) is 9.59 Å². The quantitative estimate of drug-likeness (QED) is 0.545. The molecule has 0 N–H and O–H groups in total. The van der Waals surface area contributed by atoms with E-state index < -0.39 is 11.9 Å². The molecule has 1 aliphatic heterocycles. The molecule has 0 saturated carbocycles. The van der Waals surface area contributed by atoms with Gasteiger partial charge in [0, 0.05) is 8.95 Å². The Bertz CT molecular complexity index is 440. The van der Waals surface area contributed by atoms with Crippen LogP contribution in [-0.2, 0) is 16.0 Å². The predicted molar refractivity (Wildman–Crippen MR) is 56.0 cm³/mol. The monoisotopic (exact) mass is 318 g/mol. The lowest BCUT2D eigenvalue weighted by atomic mass is 10.0. The van der Waals surface area contributed by atoms with Crippen LogP contribution in [0.2, 0.25) is 0 Å². The zero-order chi connectivity index (χ0) is 10.3. The topological polar surface area (TPSA) is 43.4 Å². The molecule has 0 spiro atoms. The van der Waals surface area contributed by atoms with Crippen molar-refractivity contribution in [3.8, 4) is 0 Å². The van der Waals surface area contributed by atoms with E-state index in [-0.39, 0.29) is 6.42 Å². The second kappa shape index (κ2) is 3.47. The first-order valence-corrected chi connectivity index (χ1v) is 5.39. The van der Waals surface area contributed by atoms with Crippen LogP contribution in [0.25, 0.3) is 0 Å². The fourth-order valence-corrected chi connectivity index (χ4v) is 2.67. The average Bonchev–Trinajstić information content (AvgIpc) is 2.07. The number of benzene rings is 1. The van der Waals surface area contributed by atoms with Crippen LogP contribution in [0.5, 0.6) is 0 Å². The van der Waals surface area contributed by atoms with Crippen molar-refractivity contribution in [3.63, 3.8) is 0 Å². The molecule has 0 fully saturated rings. The summed E-state index contributed by atoms with van der Waals surface area (Å²) in [6, 6.07) is 3.44. The molecule has 1 aromatic carbocycles. The number of carbonyl (C=O) groups excluding carboxylic acids is 2. The lowest BCUT2D eigenvalue weighted by molar-refractivity contribution is -0.137. The molecule has 1 aromatic rings. The second-order valence-corrected chi connectivity index (χ2v) is 4.62. The van der Waals surface area contributed by atoms with E-state index in [2.05, 4.69) is 36.6 Å². The molecule has 0 aliphatic carbocycles. The van der Waals surface area contributed by atoms with Crippen LogP contribution >= 0.6 is 31.9 Å². The van der Waals surface area contributed by atoms with E-state index >= 15 is 0 Å². The summed E-state index contributed by atoms with van der Waals surface area (Å²) in [6.45, 7) is 0. The molecule has 3 nitrogen and oxygen atoms in total. The van der Waals surface area contributed by atoms with Gasteiger partial charge < -0.3 is 4.74 Å². The Labute approximate surface area is 96.7 Å². The van der Waals surface area contributed by atoms with Crippen LogP contribution in [0.4, 0.5) is 0 Å². The zero-order valence-electron chi connectivity index (χ0n) is 6.84. The summed E-state index contributed by atoms with van der Waals surface area (Å²) < 4.78 is 6.02. The zero-order valence-corrected chi connectivity index (χ0v) is 10.0. The van der Waals surface area contributed by atoms with Gasteiger partial charge in [0.2, 0.25) is 0 Å². The third kappa shape index (κ3) is 1.62. The maximum Gasteiger partial charge on any atom is 0.346 e. The molecule has 0 bridgehead atoms. The van der Waals surface area contributed by atoms with E-state index in [1.165, 1.54) is 0 Å². The van der Waals surface area contributed by atoms with Gasteiger partial charge in [-0.05, 0) is 17.7 Å². The second-order valence-electron chi connectivity index (χ2n) is 2.85. The molecule has 1 heterocycles. The van der Waals surface area contributed by atoms with E-state index in [1.807, 2.05) is 0 Å². The van der Waals surface area contributed by atoms with Crippen molar-refractivity contribution in [1.29, 1.82) is 0 Å². The highest BCUT2D eigenvalue weighted by Gasteiger charge is 2.26. The van der Waals surface area contributed by atoms with Crippen molar-refractivity contribution in [2.75, 3.05) is 0 Å². The van der Waals surface area contributed by atoms with E-state index in [1.54, 1.807) is 12.1 Å². The third-order valence-corrected chi connectivity index (χ3v) is 3.07. The molecule has 72 valence electrons. The first-order valence-electron chi connectivity index (χ1n) is 3.81. The van der Waals surface area contributed by atoms with Crippen LogP contribution < -0.4 is 0 Å². The number of halogens is 2. The van der Waals surface area contributed by atoms with Crippen molar-refractivity contribution in [1.82, 2.24) is 0 Å². The lowest BCUT2D eigenvalue weighted by Crippen LogP contribution is -2.23. The largest absolute Gasteiger partial charge is 0.389 e. The Hall–Kier alpha value is -0.680. The number of carbonyl (C=O) groups is 2. The number of fused-ring (bicyclic) bond motifs is 1. The van der Waals surface area contributed by atoms with E-state index in [0.717, 1.165) is 8.95 Å². The predicted octanol–water partition coefficient (Wildman–Crippen LogP) is 2.45. The summed E-state index contributed by atoms with van der Waals surface area (Å²) >= 11 is 6.56. The van der Waals surface area contributed by atoms with Gasteiger partial charge in [-0.25, -0.2) is 4.79 Å². The normalized spacial score (nSPS) is 15.0.